The summed E-state index contributed by atoms with van der Waals surface area (Å²) in [5, 5.41) is 16.1. The number of carbonyl (C=O) groups is 1. The molecule has 22 heavy (non-hydrogen) atoms. The molecule has 0 spiro atoms. The van der Waals surface area contributed by atoms with Crippen LogP contribution in [0.4, 0.5) is 10.5 Å². The first-order chi connectivity index (χ1) is 10.7. The zero-order chi connectivity index (χ0) is 15.5. The van der Waals surface area contributed by atoms with E-state index in [2.05, 4.69) is 27.4 Å². The van der Waals surface area contributed by atoms with Gasteiger partial charge in [0, 0.05) is 19.6 Å². The van der Waals surface area contributed by atoms with Crippen LogP contribution in [0.2, 0.25) is 0 Å². The molecule has 3 rings (SSSR count). The maximum atomic E-state index is 11.0. The van der Waals surface area contributed by atoms with Gasteiger partial charge in [-0.05, 0) is 18.9 Å². The second kappa shape index (κ2) is 6.09. The predicted octanol–water partition coefficient (Wildman–Crippen LogP) is 2.62. The second-order valence-electron chi connectivity index (χ2n) is 5.43. The molecule has 1 aromatic carbocycles. The van der Waals surface area contributed by atoms with Crippen LogP contribution in [0.15, 0.2) is 36.5 Å². The van der Waals surface area contributed by atoms with Gasteiger partial charge in [-0.1, -0.05) is 30.3 Å². The lowest BCUT2D eigenvalue weighted by molar-refractivity contribution is 0.188. The van der Waals surface area contributed by atoms with Crippen LogP contribution in [0, 0.1) is 0 Å². The first-order valence-corrected chi connectivity index (χ1v) is 7.53. The molecule has 6 heteroatoms. The van der Waals surface area contributed by atoms with Crippen molar-refractivity contribution < 1.29 is 9.90 Å². The van der Waals surface area contributed by atoms with Crippen molar-refractivity contribution in [1.29, 1.82) is 0 Å². The van der Waals surface area contributed by atoms with Crippen LogP contribution in [0.1, 0.15) is 30.6 Å². The minimum atomic E-state index is -0.990. The maximum absolute atomic E-state index is 11.0. The highest BCUT2D eigenvalue weighted by atomic mass is 16.4. The third-order valence-electron chi connectivity index (χ3n) is 4.03. The number of carboxylic acid groups (broad SMARTS) is 1. The highest BCUT2D eigenvalue weighted by molar-refractivity contribution is 5.66. The van der Waals surface area contributed by atoms with Crippen molar-refractivity contribution in [3.8, 4) is 0 Å². The van der Waals surface area contributed by atoms with Gasteiger partial charge in [-0.3, -0.25) is 4.68 Å². The first kappa shape index (κ1) is 14.4. The molecule has 0 saturated carbocycles. The molecule has 1 atom stereocenters. The van der Waals surface area contributed by atoms with Gasteiger partial charge in [-0.15, -0.1) is 0 Å². The standard InChI is InChI=1S/C16H20N4O2/c1-2-20-15-13(18-16(21)22)8-9-19(14(15)10-17-20)11-12-6-4-3-5-7-12/h3-7,10,13,18H,2,8-9,11H2,1H3,(H,21,22). The van der Waals surface area contributed by atoms with E-state index in [0.717, 1.165) is 37.4 Å². The van der Waals surface area contributed by atoms with Crippen LogP contribution in [0.5, 0.6) is 0 Å². The fourth-order valence-electron chi connectivity index (χ4n) is 3.04. The van der Waals surface area contributed by atoms with E-state index in [1.807, 2.05) is 36.0 Å². The van der Waals surface area contributed by atoms with Gasteiger partial charge in [0.2, 0.25) is 0 Å². The van der Waals surface area contributed by atoms with E-state index >= 15 is 0 Å². The van der Waals surface area contributed by atoms with Crippen molar-refractivity contribution >= 4 is 11.8 Å². The summed E-state index contributed by atoms with van der Waals surface area (Å²) in [5.74, 6) is 0. The van der Waals surface area contributed by atoms with Gasteiger partial charge in [0.05, 0.1) is 23.6 Å². The summed E-state index contributed by atoms with van der Waals surface area (Å²) in [7, 11) is 0. The van der Waals surface area contributed by atoms with E-state index in [9.17, 15) is 4.79 Å². The molecule has 0 saturated heterocycles. The van der Waals surface area contributed by atoms with Crippen molar-refractivity contribution in [2.45, 2.75) is 32.5 Å². The molecule has 0 aliphatic carbocycles. The fraction of sp³-hybridized carbons (Fsp3) is 0.375. The van der Waals surface area contributed by atoms with Gasteiger partial charge in [0.15, 0.2) is 0 Å². The predicted molar refractivity (Wildman–Crippen MR) is 83.9 cm³/mol. The van der Waals surface area contributed by atoms with Gasteiger partial charge < -0.3 is 15.3 Å². The minimum Gasteiger partial charge on any atom is -0.465 e. The summed E-state index contributed by atoms with van der Waals surface area (Å²) >= 11 is 0. The fourth-order valence-corrected chi connectivity index (χ4v) is 3.04. The number of hydrogen-bond donors (Lipinski definition) is 2. The van der Waals surface area contributed by atoms with Crippen LogP contribution in [-0.4, -0.2) is 27.5 Å². The molecule has 0 radical (unpaired) electrons. The number of rotatable bonds is 4. The monoisotopic (exact) mass is 300 g/mol. The van der Waals surface area contributed by atoms with Crippen molar-refractivity contribution in [1.82, 2.24) is 15.1 Å². The molecule has 2 aromatic rings. The van der Waals surface area contributed by atoms with Gasteiger partial charge in [0.25, 0.3) is 0 Å². The molecule has 1 aromatic heterocycles. The van der Waals surface area contributed by atoms with Crippen LogP contribution >= 0.6 is 0 Å². The van der Waals surface area contributed by atoms with Crippen molar-refractivity contribution in [2.75, 3.05) is 11.4 Å². The third kappa shape index (κ3) is 2.77. The SMILES string of the molecule is CCn1ncc2c1C(NC(=O)O)CCN2Cc1ccccc1. The Morgan fingerprint density at radius 3 is 2.86 bits per heavy atom. The Labute approximate surface area is 129 Å². The number of hydrogen-bond acceptors (Lipinski definition) is 3. The lowest BCUT2D eigenvalue weighted by Crippen LogP contribution is -2.38. The zero-order valence-electron chi connectivity index (χ0n) is 12.6. The number of aryl methyl sites for hydroxylation is 1. The number of fused-ring (bicyclic) bond motifs is 1. The summed E-state index contributed by atoms with van der Waals surface area (Å²) < 4.78 is 1.88. The van der Waals surface area contributed by atoms with E-state index in [1.54, 1.807) is 0 Å². The lowest BCUT2D eigenvalue weighted by atomic mass is 10.0. The summed E-state index contributed by atoms with van der Waals surface area (Å²) in [6, 6.07) is 10.1. The summed E-state index contributed by atoms with van der Waals surface area (Å²) in [4.78, 5) is 13.3. The van der Waals surface area contributed by atoms with Crippen LogP contribution in [-0.2, 0) is 13.1 Å². The Hall–Kier alpha value is -2.50. The summed E-state index contributed by atoms with van der Waals surface area (Å²) in [6.45, 7) is 4.36. The second-order valence-corrected chi connectivity index (χ2v) is 5.43. The first-order valence-electron chi connectivity index (χ1n) is 7.53. The quantitative estimate of drug-likeness (QED) is 0.910. The Bertz CT molecular complexity index is 653. The number of aromatic nitrogens is 2. The molecular formula is C16H20N4O2. The Kier molecular flexibility index (Phi) is 4.00. The lowest BCUT2D eigenvalue weighted by Gasteiger charge is -2.33. The molecule has 0 fully saturated rings. The van der Waals surface area contributed by atoms with Gasteiger partial charge >= 0.3 is 6.09 Å². The van der Waals surface area contributed by atoms with E-state index in [-0.39, 0.29) is 6.04 Å². The number of nitrogens with one attached hydrogen (secondary N) is 1. The van der Waals surface area contributed by atoms with Gasteiger partial charge in [0.1, 0.15) is 0 Å². The summed E-state index contributed by atoms with van der Waals surface area (Å²) in [6.07, 6.45) is 1.60. The minimum absolute atomic E-state index is 0.193. The normalized spacial score (nSPS) is 17.1. The summed E-state index contributed by atoms with van der Waals surface area (Å²) in [5.41, 5.74) is 3.23. The average Bonchev–Trinajstić information content (AvgIpc) is 2.95. The maximum Gasteiger partial charge on any atom is 0.405 e. The topological polar surface area (TPSA) is 70.4 Å². The van der Waals surface area contributed by atoms with E-state index in [4.69, 9.17) is 5.11 Å². The molecule has 1 aliphatic rings. The smallest absolute Gasteiger partial charge is 0.405 e. The average molecular weight is 300 g/mol. The van der Waals surface area contributed by atoms with Crippen molar-refractivity contribution in [2.24, 2.45) is 0 Å². The Morgan fingerprint density at radius 1 is 1.41 bits per heavy atom. The van der Waals surface area contributed by atoms with Crippen LogP contribution in [0.3, 0.4) is 0 Å². The van der Waals surface area contributed by atoms with Crippen molar-refractivity contribution in [3.63, 3.8) is 0 Å². The molecule has 1 amide bonds. The highest BCUT2D eigenvalue weighted by Crippen LogP contribution is 2.34. The molecule has 6 nitrogen and oxygen atoms in total. The van der Waals surface area contributed by atoms with Crippen LogP contribution < -0.4 is 10.2 Å². The highest BCUT2D eigenvalue weighted by Gasteiger charge is 2.30. The zero-order valence-corrected chi connectivity index (χ0v) is 12.6. The number of anilines is 1. The largest absolute Gasteiger partial charge is 0.465 e. The number of amides is 1. The van der Waals surface area contributed by atoms with E-state index < -0.39 is 6.09 Å². The van der Waals surface area contributed by atoms with Gasteiger partial charge in [-0.25, -0.2) is 4.79 Å². The van der Waals surface area contributed by atoms with E-state index in [0.29, 0.717) is 0 Å². The number of nitrogens with zero attached hydrogens (tertiary/aromatic N) is 3. The molecule has 0 bridgehead atoms. The number of benzene rings is 1. The van der Waals surface area contributed by atoms with Crippen molar-refractivity contribution in [3.05, 3.63) is 47.8 Å². The molecule has 116 valence electrons. The third-order valence-corrected chi connectivity index (χ3v) is 4.03. The molecule has 1 unspecified atom stereocenters. The molecule has 2 N–H and O–H groups in total. The molecular weight excluding hydrogens is 280 g/mol. The van der Waals surface area contributed by atoms with Gasteiger partial charge in [-0.2, -0.15) is 5.10 Å². The Morgan fingerprint density at radius 2 is 2.18 bits per heavy atom. The Balaban J connectivity index is 1.89. The molecule has 2 heterocycles. The van der Waals surface area contributed by atoms with Crippen LogP contribution in [0.25, 0.3) is 0 Å². The van der Waals surface area contributed by atoms with E-state index in [1.165, 1.54) is 5.56 Å². The molecule has 1 aliphatic heterocycles.